The van der Waals surface area contributed by atoms with Gasteiger partial charge < -0.3 is 4.74 Å². The summed E-state index contributed by atoms with van der Waals surface area (Å²) >= 11 is 7.58. The van der Waals surface area contributed by atoms with E-state index in [0.29, 0.717) is 0 Å². The summed E-state index contributed by atoms with van der Waals surface area (Å²) in [7, 11) is 1.59. The van der Waals surface area contributed by atoms with Crippen LogP contribution in [0.4, 0.5) is 0 Å². The summed E-state index contributed by atoms with van der Waals surface area (Å²) in [5, 5.41) is 0. The minimum atomic E-state index is -0.106. The zero-order valence-corrected chi connectivity index (χ0v) is 6.36. The average molecular weight is 220 g/mol. The van der Waals surface area contributed by atoms with Crippen molar-refractivity contribution in [2.45, 2.75) is 5.56 Å². The van der Waals surface area contributed by atoms with E-state index in [4.69, 9.17) is 11.6 Å². The first-order chi connectivity index (χ1) is 2.81. The second kappa shape index (κ2) is 4.15. The van der Waals surface area contributed by atoms with Crippen LogP contribution >= 0.6 is 34.2 Å². The largest absolute Gasteiger partial charge is 0.365 e. The lowest BCUT2D eigenvalue weighted by molar-refractivity contribution is 0.187. The van der Waals surface area contributed by atoms with Gasteiger partial charge in [-0.3, -0.25) is 0 Å². The summed E-state index contributed by atoms with van der Waals surface area (Å²) < 4.78 is 5.50. The molecule has 0 aromatic rings. The van der Waals surface area contributed by atoms with Crippen LogP contribution in [0.25, 0.3) is 0 Å². The van der Waals surface area contributed by atoms with Gasteiger partial charge in [0.1, 0.15) is 5.56 Å². The Morgan fingerprint density at radius 2 is 2.50 bits per heavy atom. The summed E-state index contributed by atoms with van der Waals surface area (Å²) in [5.41, 5.74) is -0.106. The Hall–Kier alpha value is 0.980. The van der Waals surface area contributed by atoms with Crippen LogP contribution in [0.5, 0.6) is 0 Å². The molecule has 0 amide bonds. The number of ether oxygens (including phenoxy) is 1. The Labute approximate surface area is 56.1 Å². The molecule has 0 radical (unpaired) electrons. The number of halogens is 2. The Morgan fingerprint density at radius 3 is 2.50 bits per heavy atom. The second-order valence-corrected chi connectivity index (χ2v) is 2.17. The van der Waals surface area contributed by atoms with Gasteiger partial charge in [0.05, 0.1) is 0 Å². The SMILES string of the molecule is COC(Cl)CI. The van der Waals surface area contributed by atoms with Gasteiger partial charge in [-0.15, -0.1) is 0 Å². The molecule has 1 atom stereocenters. The van der Waals surface area contributed by atoms with Crippen molar-refractivity contribution in [2.75, 3.05) is 11.5 Å². The van der Waals surface area contributed by atoms with Crippen LogP contribution in [-0.2, 0) is 4.74 Å². The highest BCUT2D eigenvalue weighted by atomic mass is 127. The van der Waals surface area contributed by atoms with E-state index in [9.17, 15) is 0 Å². The first-order valence-electron chi connectivity index (χ1n) is 1.54. The zero-order valence-electron chi connectivity index (χ0n) is 3.45. The molecule has 0 saturated carbocycles. The van der Waals surface area contributed by atoms with Crippen LogP contribution in [0.15, 0.2) is 0 Å². The van der Waals surface area contributed by atoms with Gasteiger partial charge in [-0.25, -0.2) is 0 Å². The lowest BCUT2D eigenvalue weighted by Gasteiger charge is -1.97. The van der Waals surface area contributed by atoms with Crippen LogP contribution < -0.4 is 0 Å². The van der Waals surface area contributed by atoms with E-state index in [1.54, 1.807) is 7.11 Å². The van der Waals surface area contributed by atoms with E-state index in [1.165, 1.54) is 0 Å². The zero-order chi connectivity index (χ0) is 4.99. The maximum Gasteiger partial charge on any atom is 0.139 e. The number of methoxy groups -OCH3 is 1. The van der Waals surface area contributed by atoms with E-state index in [-0.39, 0.29) is 5.56 Å². The number of alkyl halides is 2. The van der Waals surface area contributed by atoms with Crippen molar-refractivity contribution in [2.24, 2.45) is 0 Å². The van der Waals surface area contributed by atoms with Gasteiger partial charge in [0, 0.05) is 11.5 Å². The molecule has 0 aliphatic heterocycles. The third-order valence-corrected chi connectivity index (χ3v) is 2.03. The van der Waals surface area contributed by atoms with E-state index in [1.807, 2.05) is 0 Å². The monoisotopic (exact) mass is 220 g/mol. The molecule has 0 aliphatic rings. The van der Waals surface area contributed by atoms with E-state index in [2.05, 4.69) is 27.3 Å². The topological polar surface area (TPSA) is 9.23 Å². The molecular weight excluding hydrogens is 214 g/mol. The molecule has 0 aromatic carbocycles. The van der Waals surface area contributed by atoms with Crippen molar-refractivity contribution in [3.05, 3.63) is 0 Å². The molecule has 0 spiro atoms. The maximum absolute atomic E-state index is 5.42. The van der Waals surface area contributed by atoms with Gasteiger partial charge in [-0.2, -0.15) is 0 Å². The third-order valence-electron chi connectivity index (χ3n) is 0.377. The number of rotatable bonds is 2. The molecular formula is C3H6ClIO. The van der Waals surface area contributed by atoms with Crippen LogP contribution in [0.1, 0.15) is 0 Å². The highest BCUT2D eigenvalue weighted by Crippen LogP contribution is 1.98. The maximum atomic E-state index is 5.42. The molecule has 38 valence electrons. The summed E-state index contributed by atoms with van der Waals surface area (Å²) in [4.78, 5) is 0. The molecule has 3 heteroatoms. The molecule has 0 aliphatic carbocycles. The molecule has 0 heterocycles. The Morgan fingerprint density at radius 1 is 2.00 bits per heavy atom. The third kappa shape index (κ3) is 3.18. The Kier molecular flexibility index (Phi) is 4.82. The highest BCUT2D eigenvalue weighted by Gasteiger charge is 1.93. The van der Waals surface area contributed by atoms with Crippen molar-refractivity contribution >= 4 is 34.2 Å². The number of hydrogen-bond donors (Lipinski definition) is 0. The van der Waals surface area contributed by atoms with Crippen molar-refractivity contribution in [3.8, 4) is 0 Å². The van der Waals surface area contributed by atoms with E-state index >= 15 is 0 Å². The van der Waals surface area contributed by atoms with Gasteiger partial charge in [0.25, 0.3) is 0 Å². The Bertz CT molecular complexity index is 30.0. The molecule has 0 fully saturated rings. The number of hydrogen-bond acceptors (Lipinski definition) is 1. The molecule has 0 rings (SSSR count). The highest BCUT2D eigenvalue weighted by molar-refractivity contribution is 14.1. The minimum Gasteiger partial charge on any atom is -0.365 e. The van der Waals surface area contributed by atoms with Crippen LogP contribution in [0.3, 0.4) is 0 Å². The molecule has 0 aromatic heterocycles. The molecule has 0 saturated heterocycles. The van der Waals surface area contributed by atoms with Crippen molar-refractivity contribution in [1.29, 1.82) is 0 Å². The molecule has 6 heavy (non-hydrogen) atoms. The summed E-state index contributed by atoms with van der Waals surface area (Å²) in [6.45, 7) is 0. The standard InChI is InChI=1S/C3H6ClIO/c1-6-3(4)2-5/h3H,2H2,1H3. The van der Waals surface area contributed by atoms with Gasteiger partial charge in [-0.1, -0.05) is 34.2 Å². The van der Waals surface area contributed by atoms with Gasteiger partial charge in [0.15, 0.2) is 0 Å². The fourth-order valence-electron chi connectivity index (χ4n) is 0.0630. The first kappa shape index (κ1) is 6.98. The van der Waals surface area contributed by atoms with E-state index in [0.717, 1.165) is 4.43 Å². The lowest BCUT2D eigenvalue weighted by atomic mass is 10.9. The van der Waals surface area contributed by atoms with Gasteiger partial charge in [0.2, 0.25) is 0 Å². The van der Waals surface area contributed by atoms with Crippen molar-refractivity contribution < 1.29 is 4.74 Å². The fraction of sp³-hybridized carbons (Fsp3) is 1.00. The molecule has 1 unspecified atom stereocenters. The molecule has 0 bridgehead atoms. The summed E-state index contributed by atoms with van der Waals surface area (Å²) in [6.07, 6.45) is 0. The van der Waals surface area contributed by atoms with Crippen LogP contribution in [0.2, 0.25) is 0 Å². The smallest absolute Gasteiger partial charge is 0.139 e. The minimum absolute atomic E-state index is 0.106. The van der Waals surface area contributed by atoms with Gasteiger partial charge >= 0.3 is 0 Å². The first-order valence-corrected chi connectivity index (χ1v) is 3.50. The van der Waals surface area contributed by atoms with Crippen LogP contribution in [-0.4, -0.2) is 17.1 Å². The molecule has 0 N–H and O–H groups in total. The molecule has 1 nitrogen and oxygen atoms in total. The lowest BCUT2D eigenvalue weighted by Crippen LogP contribution is -2.00. The normalized spacial score (nSPS) is 14.5. The van der Waals surface area contributed by atoms with E-state index < -0.39 is 0 Å². The summed E-state index contributed by atoms with van der Waals surface area (Å²) in [6, 6.07) is 0. The van der Waals surface area contributed by atoms with Crippen molar-refractivity contribution in [3.63, 3.8) is 0 Å². The van der Waals surface area contributed by atoms with Gasteiger partial charge in [-0.05, 0) is 0 Å². The predicted molar refractivity (Wildman–Crippen MR) is 35.5 cm³/mol. The average Bonchev–Trinajstić information content (AvgIpc) is 1.65. The van der Waals surface area contributed by atoms with Crippen molar-refractivity contribution in [1.82, 2.24) is 0 Å². The predicted octanol–water partition coefficient (Wildman–Crippen LogP) is 1.63. The fourth-order valence-corrected chi connectivity index (χ4v) is 0.423. The quantitative estimate of drug-likeness (QED) is 0.508. The Balaban J connectivity index is 2.75. The summed E-state index contributed by atoms with van der Waals surface area (Å²) in [5.74, 6) is 0. The van der Waals surface area contributed by atoms with Crippen LogP contribution in [0, 0.1) is 0 Å². The second-order valence-electron chi connectivity index (χ2n) is 0.800.